The summed E-state index contributed by atoms with van der Waals surface area (Å²) in [5.74, 6) is -0.208. The molecule has 1 aliphatic heterocycles. The van der Waals surface area contributed by atoms with Gasteiger partial charge in [-0.3, -0.25) is 4.79 Å². The molecule has 0 radical (unpaired) electrons. The van der Waals surface area contributed by atoms with Gasteiger partial charge in [0.25, 0.3) is 0 Å². The molecule has 1 amide bonds. The van der Waals surface area contributed by atoms with Gasteiger partial charge < -0.3 is 10.6 Å². The maximum atomic E-state index is 12.5. The summed E-state index contributed by atoms with van der Waals surface area (Å²) >= 11 is 3.38. The van der Waals surface area contributed by atoms with E-state index in [4.69, 9.17) is 0 Å². The fourth-order valence-corrected chi connectivity index (χ4v) is 4.69. The zero-order chi connectivity index (χ0) is 18.6. The molecule has 1 saturated heterocycles. The van der Waals surface area contributed by atoms with Crippen LogP contribution in [0.4, 0.5) is 11.4 Å². The third-order valence-corrected chi connectivity index (χ3v) is 6.52. The van der Waals surface area contributed by atoms with Crippen LogP contribution in [0.3, 0.4) is 0 Å². The van der Waals surface area contributed by atoms with Gasteiger partial charge in [-0.15, -0.1) is 0 Å². The average Bonchev–Trinajstić information content (AvgIpc) is 3.16. The number of halogens is 1. The van der Waals surface area contributed by atoms with Gasteiger partial charge in [0.05, 0.1) is 11.4 Å². The Labute approximate surface area is 161 Å². The van der Waals surface area contributed by atoms with Gasteiger partial charge in [-0.05, 0) is 55.3 Å². The van der Waals surface area contributed by atoms with E-state index in [1.54, 1.807) is 12.1 Å². The zero-order valence-corrected chi connectivity index (χ0v) is 16.5. The molecular formula is C18H20BrN3O3S. The summed E-state index contributed by atoms with van der Waals surface area (Å²) in [6.07, 6.45) is 1.80. The Kier molecular flexibility index (Phi) is 5.95. The summed E-state index contributed by atoms with van der Waals surface area (Å²) in [7, 11) is -3.43. The Morgan fingerprint density at radius 3 is 2.38 bits per heavy atom. The van der Waals surface area contributed by atoms with Gasteiger partial charge in [-0.25, -0.2) is 8.42 Å². The molecule has 2 aromatic carbocycles. The van der Waals surface area contributed by atoms with Gasteiger partial charge >= 0.3 is 0 Å². The first-order valence-electron chi connectivity index (χ1n) is 8.35. The number of sulfonamides is 1. The maximum Gasteiger partial charge on any atom is 0.243 e. The molecule has 0 aromatic heterocycles. The second-order valence-electron chi connectivity index (χ2n) is 6.05. The van der Waals surface area contributed by atoms with Crippen LogP contribution in [0, 0.1) is 0 Å². The van der Waals surface area contributed by atoms with Crippen molar-refractivity contribution < 1.29 is 13.2 Å². The first kappa shape index (κ1) is 18.9. The van der Waals surface area contributed by atoms with Gasteiger partial charge in [0.1, 0.15) is 0 Å². The predicted molar refractivity (Wildman–Crippen MR) is 106 cm³/mol. The van der Waals surface area contributed by atoms with Crippen LogP contribution in [0.1, 0.15) is 12.8 Å². The third kappa shape index (κ3) is 4.63. The fourth-order valence-electron chi connectivity index (χ4n) is 2.77. The van der Waals surface area contributed by atoms with Gasteiger partial charge in [-0.2, -0.15) is 4.31 Å². The summed E-state index contributed by atoms with van der Waals surface area (Å²) in [5, 5.41) is 5.79. The Morgan fingerprint density at radius 2 is 1.73 bits per heavy atom. The van der Waals surface area contributed by atoms with Crippen molar-refractivity contribution in [3.05, 3.63) is 53.0 Å². The number of amides is 1. The van der Waals surface area contributed by atoms with Crippen LogP contribution >= 0.6 is 15.9 Å². The minimum atomic E-state index is -3.43. The van der Waals surface area contributed by atoms with Crippen LogP contribution in [0.5, 0.6) is 0 Å². The monoisotopic (exact) mass is 437 g/mol. The molecule has 0 unspecified atom stereocenters. The van der Waals surface area contributed by atoms with Crippen molar-refractivity contribution in [3.8, 4) is 0 Å². The van der Waals surface area contributed by atoms with E-state index in [0.717, 1.165) is 23.0 Å². The van der Waals surface area contributed by atoms with Crippen molar-refractivity contribution in [2.75, 3.05) is 30.3 Å². The van der Waals surface area contributed by atoms with Gasteiger partial charge in [-0.1, -0.05) is 22.0 Å². The smallest absolute Gasteiger partial charge is 0.243 e. The van der Waals surface area contributed by atoms with Gasteiger partial charge in [0.15, 0.2) is 0 Å². The number of hydrogen-bond acceptors (Lipinski definition) is 4. The Morgan fingerprint density at radius 1 is 1.04 bits per heavy atom. The maximum absolute atomic E-state index is 12.5. The molecule has 0 aliphatic carbocycles. The highest BCUT2D eigenvalue weighted by molar-refractivity contribution is 9.10. The first-order chi connectivity index (χ1) is 12.4. The molecule has 1 heterocycles. The topological polar surface area (TPSA) is 78.5 Å². The lowest BCUT2D eigenvalue weighted by Gasteiger charge is -2.15. The predicted octanol–water partition coefficient (Wildman–Crippen LogP) is 3.28. The zero-order valence-electron chi connectivity index (χ0n) is 14.1. The van der Waals surface area contributed by atoms with E-state index in [1.807, 2.05) is 24.3 Å². The number of hydrogen-bond donors (Lipinski definition) is 2. The number of rotatable bonds is 6. The molecule has 26 heavy (non-hydrogen) atoms. The molecule has 2 N–H and O–H groups in total. The molecule has 6 nitrogen and oxygen atoms in total. The van der Waals surface area contributed by atoms with Gasteiger partial charge in [0.2, 0.25) is 15.9 Å². The largest absolute Gasteiger partial charge is 0.376 e. The number of nitrogens with one attached hydrogen (secondary N) is 2. The van der Waals surface area contributed by atoms with E-state index in [1.165, 1.54) is 16.4 Å². The fraction of sp³-hybridized carbons (Fsp3) is 0.278. The third-order valence-electron chi connectivity index (χ3n) is 4.12. The molecule has 3 rings (SSSR count). The molecule has 2 aromatic rings. The number of carbonyl (C=O) groups excluding carboxylic acids is 1. The van der Waals surface area contributed by atoms with E-state index in [0.29, 0.717) is 18.8 Å². The van der Waals surface area contributed by atoms with Crippen LogP contribution in [-0.2, 0) is 14.8 Å². The van der Waals surface area contributed by atoms with Gasteiger partial charge in [0, 0.05) is 28.9 Å². The highest BCUT2D eigenvalue weighted by atomic mass is 79.9. The number of carbonyl (C=O) groups is 1. The van der Waals surface area contributed by atoms with Crippen LogP contribution in [0.25, 0.3) is 0 Å². The number of benzene rings is 2. The lowest BCUT2D eigenvalue weighted by atomic mass is 10.3. The minimum Gasteiger partial charge on any atom is -0.376 e. The van der Waals surface area contributed by atoms with E-state index in [2.05, 4.69) is 26.6 Å². The van der Waals surface area contributed by atoms with Crippen molar-refractivity contribution in [3.63, 3.8) is 0 Å². The van der Waals surface area contributed by atoms with Crippen molar-refractivity contribution in [1.82, 2.24) is 4.31 Å². The second-order valence-corrected chi connectivity index (χ2v) is 8.90. The molecule has 0 spiro atoms. The van der Waals surface area contributed by atoms with E-state index in [-0.39, 0.29) is 17.3 Å². The number of nitrogens with zero attached hydrogens (tertiary/aromatic N) is 1. The van der Waals surface area contributed by atoms with E-state index in [9.17, 15) is 13.2 Å². The molecule has 0 saturated carbocycles. The Bertz CT molecular complexity index is 879. The normalized spacial score (nSPS) is 15.0. The summed E-state index contributed by atoms with van der Waals surface area (Å²) in [4.78, 5) is 12.3. The Hall–Kier alpha value is -1.90. The molecular weight excluding hydrogens is 418 g/mol. The first-order valence-corrected chi connectivity index (χ1v) is 10.6. The molecule has 0 atom stereocenters. The average molecular weight is 438 g/mol. The molecule has 8 heteroatoms. The summed E-state index contributed by atoms with van der Waals surface area (Å²) < 4.78 is 27.4. The SMILES string of the molecule is O=C(CNc1cccc(Br)c1)Nc1ccc(S(=O)(=O)N2CCCC2)cc1. The van der Waals surface area contributed by atoms with Crippen LogP contribution < -0.4 is 10.6 Å². The quantitative estimate of drug-likeness (QED) is 0.726. The highest BCUT2D eigenvalue weighted by Gasteiger charge is 2.26. The van der Waals surface area contributed by atoms with Crippen LogP contribution in [0.15, 0.2) is 57.9 Å². The lowest BCUT2D eigenvalue weighted by Crippen LogP contribution is -2.27. The highest BCUT2D eigenvalue weighted by Crippen LogP contribution is 2.22. The number of anilines is 2. The van der Waals surface area contributed by atoms with Crippen molar-refractivity contribution in [2.45, 2.75) is 17.7 Å². The van der Waals surface area contributed by atoms with Crippen LogP contribution in [0.2, 0.25) is 0 Å². The second kappa shape index (κ2) is 8.20. The standard InChI is InChI=1S/C18H20BrN3O3S/c19-14-4-3-5-16(12-14)20-13-18(23)21-15-6-8-17(9-7-15)26(24,25)22-10-1-2-11-22/h3-9,12,20H,1-2,10-11,13H2,(H,21,23). The molecule has 1 aliphatic rings. The van der Waals surface area contributed by atoms with Crippen molar-refractivity contribution in [1.29, 1.82) is 0 Å². The summed E-state index contributed by atoms with van der Waals surface area (Å²) in [6.45, 7) is 1.26. The molecule has 138 valence electrons. The van der Waals surface area contributed by atoms with Crippen molar-refractivity contribution in [2.24, 2.45) is 0 Å². The minimum absolute atomic E-state index is 0.115. The summed E-state index contributed by atoms with van der Waals surface area (Å²) in [6, 6.07) is 13.8. The van der Waals surface area contributed by atoms with Crippen LogP contribution in [-0.4, -0.2) is 38.3 Å². The Balaban J connectivity index is 1.57. The molecule has 0 bridgehead atoms. The lowest BCUT2D eigenvalue weighted by molar-refractivity contribution is -0.114. The summed E-state index contributed by atoms with van der Waals surface area (Å²) in [5.41, 5.74) is 1.40. The van der Waals surface area contributed by atoms with Crippen molar-refractivity contribution >= 4 is 43.2 Å². The van der Waals surface area contributed by atoms with E-state index < -0.39 is 10.0 Å². The van der Waals surface area contributed by atoms with E-state index >= 15 is 0 Å². The molecule has 1 fully saturated rings.